The average molecular weight is 444 g/mol. The molecule has 0 bridgehead atoms. The van der Waals surface area contributed by atoms with Crippen LogP contribution in [0.2, 0.25) is 0 Å². The Kier molecular flexibility index (Phi) is 6.93. The van der Waals surface area contributed by atoms with Crippen molar-refractivity contribution in [1.82, 2.24) is 25.4 Å². The summed E-state index contributed by atoms with van der Waals surface area (Å²) in [4.78, 5) is 19.9. The quantitative estimate of drug-likeness (QED) is 0.328. The Morgan fingerprint density at radius 3 is 2.84 bits per heavy atom. The van der Waals surface area contributed by atoms with Gasteiger partial charge in [-0.05, 0) is 18.6 Å². The van der Waals surface area contributed by atoms with Crippen LogP contribution < -0.4 is 11.2 Å². The first kappa shape index (κ1) is 22.6. The lowest BCUT2D eigenvalue weighted by atomic mass is 10.0. The van der Waals surface area contributed by atoms with Crippen molar-refractivity contribution in [1.29, 1.82) is 0 Å². The Balaban J connectivity index is 1.77. The van der Waals surface area contributed by atoms with Crippen LogP contribution in [0.4, 0.5) is 13.2 Å². The molecule has 3 rings (SSSR count). The molecule has 32 heavy (non-hydrogen) atoms. The smallest absolute Gasteiger partial charge is 0.296 e. The second-order valence-corrected chi connectivity index (χ2v) is 6.66. The average Bonchev–Trinajstić information content (AvgIpc) is 3.23. The highest BCUT2D eigenvalue weighted by Gasteiger charge is 2.15. The van der Waals surface area contributed by atoms with E-state index in [0.29, 0.717) is 5.69 Å². The molecule has 0 aliphatic heterocycles. The van der Waals surface area contributed by atoms with Gasteiger partial charge in [0.05, 0.1) is 24.0 Å². The second kappa shape index (κ2) is 9.81. The number of rotatable bonds is 7. The van der Waals surface area contributed by atoms with Crippen molar-refractivity contribution in [2.75, 3.05) is 7.05 Å². The monoisotopic (exact) mass is 444 g/mol. The van der Waals surface area contributed by atoms with Crippen LogP contribution in [-0.4, -0.2) is 51.4 Å². The molecule has 2 aromatic heterocycles. The first-order valence-corrected chi connectivity index (χ1v) is 9.28. The molecule has 1 aromatic carbocycles. The number of nitrogens with zero attached hydrogens (tertiary/aromatic N) is 6. The summed E-state index contributed by atoms with van der Waals surface area (Å²) in [6, 6.07) is 6.64. The van der Waals surface area contributed by atoms with Gasteiger partial charge in [-0.25, -0.2) is 23.3 Å². The van der Waals surface area contributed by atoms with E-state index in [1.165, 1.54) is 4.68 Å². The van der Waals surface area contributed by atoms with Crippen LogP contribution in [0.25, 0.3) is 11.3 Å². The molecule has 0 aliphatic carbocycles. The number of halogens is 3. The number of hydrogen-bond donors (Lipinski definition) is 2. The number of benzene rings is 1. The summed E-state index contributed by atoms with van der Waals surface area (Å²) in [5.74, 6) is -2.78. The third-order valence-electron chi connectivity index (χ3n) is 4.40. The van der Waals surface area contributed by atoms with Gasteiger partial charge in [0.25, 0.3) is 12.3 Å². The number of carbonyl (C=O) groups is 1. The number of carbonyl (C=O) groups excluding carboxylic acids is 1. The second-order valence-electron chi connectivity index (χ2n) is 6.66. The van der Waals surface area contributed by atoms with Gasteiger partial charge in [-0.2, -0.15) is 5.10 Å². The molecule has 0 saturated heterocycles. The van der Waals surface area contributed by atoms with Crippen LogP contribution in [0.3, 0.4) is 0 Å². The van der Waals surface area contributed by atoms with Crippen molar-refractivity contribution in [3.63, 3.8) is 0 Å². The Labute approximate surface area is 180 Å². The number of aliphatic imine (C=N–C) groups is 1. The third-order valence-corrected chi connectivity index (χ3v) is 4.40. The summed E-state index contributed by atoms with van der Waals surface area (Å²) in [5, 5.41) is 11.2. The van der Waals surface area contributed by atoms with Crippen LogP contribution in [0.5, 0.6) is 0 Å². The van der Waals surface area contributed by atoms with E-state index in [4.69, 9.17) is 5.73 Å². The largest absolute Gasteiger partial charge is 0.381 e. The van der Waals surface area contributed by atoms with Crippen LogP contribution in [0, 0.1) is 12.7 Å². The molecule has 9 nitrogen and oxygen atoms in total. The third kappa shape index (κ3) is 5.14. The minimum absolute atomic E-state index is 0.00758. The van der Waals surface area contributed by atoms with Gasteiger partial charge in [0.1, 0.15) is 11.5 Å². The maximum atomic E-state index is 14.5. The number of pyridine rings is 1. The lowest BCUT2D eigenvalue weighted by Gasteiger charge is -2.06. The van der Waals surface area contributed by atoms with Crippen molar-refractivity contribution in [2.45, 2.75) is 19.9 Å². The molecule has 3 aromatic rings. The van der Waals surface area contributed by atoms with Crippen molar-refractivity contribution in [3.8, 4) is 11.3 Å². The number of hydrazone groups is 1. The standard InChI is InChI=1S/C20H19F3N8O/c1-11-4-3-5-13(14(11)8-25-2)16-9-31(30-27-16)10-17-15(21)6-12(7-26-17)20(32)29-28-19(24)18(22)23/h3-9,18H,10H2,1-2H3,(H2,24,28)(H,29,32). The predicted octanol–water partition coefficient (Wildman–Crippen LogP) is 2.15. The SMILES string of the molecule is CN=Cc1c(C)cccc1-c1cn(Cc2ncc(C(=O)N/N=C(\N)C(F)F)cc2F)nn1. The molecule has 2 heterocycles. The molecule has 1 amide bonds. The number of nitrogens with two attached hydrogens (primary N) is 1. The molecule has 166 valence electrons. The van der Waals surface area contributed by atoms with Crippen molar-refractivity contribution >= 4 is 18.0 Å². The van der Waals surface area contributed by atoms with Gasteiger partial charge in [0.2, 0.25) is 0 Å². The summed E-state index contributed by atoms with van der Waals surface area (Å²) in [6.45, 7) is 1.91. The molecule has 12 heteroatoms. The molecule has 3 N–H and O–H groups in total. The van der Waals surface area contributed by atoms with Gasteiger partial charge in [-0.15, -0.1) is 5.10 Å². The fourth-order valence-corrected chi connectivity index (χ4v) is 2.79. The highest BCUT2D eigenvalue weighted by atomic mass is 19.3. The van der Waals surface area contributed by atoms with Gasteiger partial charge < -0.3 is 5.73 Å². The van der Waals surface area contributed by atoms with Gasteiger partial charge in [-0.3, -0.25) is 14.8 Å². The van der Waals surface area contributed by atoms with Gasteiger partial charge >= 0.3 is 0 Å². The number of amidine groups is 1. The van der Waals surface area contributed by atoms with E-state index < -0.39 is 24.0 Å². The van der Waals surface area contributed by atoms with Crippen molar-refractivity contribution < 1.29 is 18.0 Å². The molecule has 0 unspecified atom stereocenters. The molecule has 0 spiro atoms. The lowest BCUT2D eigenvalue weighted by Crippen LogP contribution is -2.28. The summed E-state index contributed by atoms with van der Waals surface area (Å²) < 4.78 is 40.5. The minimum Gasteiger partial charge on any atom is -0.381 e. The predicted molar refractivity (Wildman–Crippen MR) is 112 cm³/mol. The fourth-order valence-electron chi connectivity index (χ4n) is 2.79. The van der Waals surface area contributed by atoms with Crippen LogP contribution in [0.15, 0.2) is 46.8 Å². The minimum atomic E-state index is -3.02. The Morgan fingerprint density at radius 2 is 2.16 bits per heavy atom. The number of aryl methyl sites for hydroxylation is 1. The lowest BCUT2D eigenvalue weighted by molar-refractivity contribution is 0.0953. The van der Waals surface area contributed by atoms with E-state index >= 15 is 0 Å². The number of alkyl halides is 2. The summed E-state index contributed by atoms with van der Waals surface area (Å²) in [6.07, 6.45) is 1.44. The molecule has 0 atom stereocenters. The maximum absolute atomic E-state index is 14.5. The Bertz CT molecular complexity index is 1190. The molecule has 0 saturated carbocycles. The van der Waals surface area contributed by atoms with Crippen molar-refractivity contribution in [3.05, 3.63) is 64.9 Å². The zero-order valence-corrected chi connectivity index (χ0v) is 17.1. The molecule has 0 fully saturated rings. The van der Waals surface area contributed by atoms with Crippen LogP contribution in [0.1, 0.15) is 27.2 Å². The highest BCUT2D eigenvalue weighted by Crippen LogP contribution is 2.23. The zero-order chi connectivity index (χ0) is 23.3. The number of aromatic nitrogens is 4. The van der Waals surface area contributed by atoms with E-state index in [2.05, 4.69) is 25.4 Å². The molecule has 0 radical (unpaired) electrons. The molecule has 0 aliphatic rings. The molecular weight excluding hydrogens is 425 g/mol. The molecular formula is C20H19F3N8O. The first-order valence-electron chi connectivity index (χ1n) is 9.28. The number of amides is 1. The van der Waals surface area contributed by atoms with E-state index in [1.807, 2.05) is 30.5 Å². The van der Waals surface area contributed by atoms with Crippen LogP contribution >= 0.6 is 0 Å². The highest BCUT2D eigenvalue weighted by molar-refractivity contribution is 5.95. The Hall–Kier alpha value is -4.09. The zero-order valence-electron chi connectivity index (χ0n) is 17.1. The topological polar surface area (TPSA) is 123 Å². The maximum Gasteiger partial charge on any atom is 0.296 e. The summed E-state index contributed by atoms with van der Waals surface area (Å²) >= 11 is 0. The van der Waals surface area contributed by atoms with E-state index in [0.717, 1.165) is 29.0 Å². The number of hydrogen-bond acceptors (Lipinski definition) is 6. The van der Waals surface area contributed by atoms with E-state index in [9.17, 15) is 18.0 Å². The van der Waals surface area contributed by atoms with Crippen molar-refractivity contribution in [2.24, 2.45) is 15.8 Å². The number of nitrogens with one attached hydrogen (secondary N) is 1. The van der Waals surface area contributed by atoms with Gasteiger partial charge in [0.15, 0.2) is 5.84 Å². The van der Waals surface area contributed by atoms with E-state index in [-0.39, 0.29) is 17.8 Å². The normalized spacial score (nSPS) is 12.0. The van der Waals surface area contributed by atoms with Crippen LogP contribution in [-0.2, 0) is 6.54 Å². The van der Waals surface area contributed by atoms with Gasteiger partial charge in [0, 0.05) is 30.6 Å². The summed E-state index contributed by atoms with van der Waals surface area (Å²) in [7, 11) is 1.67. The fraction of sp³-hybridized carbons (Fsp3) is 0.200. The Morgan fingerprint density at radius 1 is 1.38 bits per heavy atom. The van der Waals surface area contributed by atoms with Gasteiger partial charge in [-0.1, -0.05) is 23.4 Å². The first-order chi connectivity index (χ1) is 15.3. The van der Waals surface area contributed by atoms with E-state index in [1.54, 1.807) is 19.5 Å². The summed E-state index contributed by atoms with van der Waals surface area (Å²) in [5.41, 5.74) is 9.87.